The topological polar surface area (TPSA) is 53.3 Å². The quantitative estimate of drug-likeness (QED) is 0.282. The molecular formula is C30H27Cl3F2N2O2. The number of nitrogens with zero attached hydrogens (tertiary/aromatic N) is 2. The maximum absolute atomic E-state index is 15.8. The first-order chi connectivity index (χ1) is 18.3. The minimum atomic E-state index is -1.75. The number of esters is 1. The van der Waals surface area contributed by atoms with Crippen molar-refractivity contribution in [1.29, 1.82) is 5.26 Å². The predicted octanol–water partition coefficient (Wildman–Crippen LogP) is 8.08. The molecule has 0 amide bonds. The van der Waals surface area contributed by atoms with Crippen LogP contribution in [0, 0.1) is 23.0 Å². The van der Waals surface area contributed by atoms with Gasteiger partial charge in [-0.2, -0.15) is 5.26 Å². The van der Waals surface area contributed by atoms with Gasteiger partial charge >= 0.3 is 5.97 Å². The van der Waals surface area contributed by atoms with Crippen LogP contribution in [0.15, 0.2) is 60.7 Å². The van der Waals surface area contributed by atoms with Crippen molar-refractivity contribution in [3.05, 3.63) is 104 Å². The van der Waals surface area contributed by atoms with E-state index in [1.807, 2.05) is 0 Å². The van der Waals surface area contributed by atoms with Crippen molar-refractivity contribution < 1.29 is 18.3 Å². The maximum atomic E-state index is 15.8. The van der Waals surface area contributed by atoms with Gasteiger partial charge < -0.3 is 4.74 Å². The van der Waals surface area contributed by atoms with E-state index in [4.69, 9.17) is 39.5 Å². The Labute approximate surface area is 242 Å². The van der Waals surface area contributed by atoms with Crippen LogP contribution in [0.4, 0.5) is 8.78 Å². The zero-order valence-corrected chi connectivity index (χ0v) is 24.1. The van der Waals surface area contributed by atoms with Gasteiger partial charge in [0.25, 0.3) is 0 Å². The van der Waals surface area contributed by atoms with Crippen LogP contribution < -0.4 is 0 Å². The molecule has 0 aromatic heterocycles. The van der Waals surface area contributed by atoms with E-state index in [0.717, 1.165) is 6.07 Å². The maximum Gasteiger partial charge on any atom is 0.324 e. The number of carbonyl (C=O) groups excluding carboxylic acids is 1. The average molecular weight is 592 g/mol. The molecule has 4 nitrogen and oxygen atoms in total. The third kappa shape index (κ3) is 5.38. The molecule has 204 valence electrons. The first-order valence-corrected chi connectivity index (χ1v) is 13.5. The highest BCUT2D eigenvalue weighted by Gasteiger charge is 2.63. The molecule has 0 saturated carbocycles. The second kappa shape index (κ2) is 11.1. The summed E-state index contributed by atoms with van der Waals surface area (Å²) in [6.07, 6.45) is 0. The lowest BCUT2D eigenvalue weighted by molar-refractivity contribution is -0.161. The van der Waals surface area contributed by atoms with Gasteiger partial charge in [0.15, 0.2) is 0 Å². The largest absolute Gasteiger partial charge is 0.459 e. The summed E-state index contributed by atoms with van der Waals surface area (Å²) < 4.78 is 37.3. The molecular weight excluding hydrogens is 565 g/mol. The lowest BCUT2D eigenvalue weighted by atomic mass is 9.65. The molecule has 4 atom stereocenters. The smallest absolute Gasteiger partial charge is 0.324 e. The van der Waals surface area contributed by atoms with Crippen LogP contribution in [0.1, 0.15) is 50.3 Å². The molecule has 1 heterocycles. The summed E-state index contributed by atoms with van der Waals surface area (Å²) in [6, 6.07) is 15.7. The van der Waals surface area contributed by atoms with Gasteiger partial charge in [-0.3, -0.25) is 9.69 Å². The minimum Gasteiger partial charge on any atom is -0.459 e. The van der Waals surface area contributed by atoms with Gasteiger partial charge in [0.2, 0.25) is 0 Å². The number of hydrogen-bond donors (Lipinski definition) is 0. The zero-order valence-electron chi connectivity index (χ0n) is 21.8. The summed E-state index contributed by atoms with van der Waals surface area (Å²) in [7, 11) is 0. The molecule has 4 rings (SSSR count). The Morgan fingerprint density at radius 1 is 1.05 bits per heavy atom. The number of rotatable bonds is 5. The van der Waals surface area contributed by atoms with Crippen LogP contribution in [-0.2, 0) is 21.5 Å². The van der Waals surface area contributed by atoms with Crippen LogP contribution in [0.5, 0.6) is 0 Å². The molecule has 0 N–H and O–H groups in total. The number of halogens is 5. The summed E-state index contributed by atoms with van der Waals surface area (Å²) in [6.45, 7) is 6.98. The Bertz CT molecular complexity index is 1450. The highest BCUT2D eigenvalue weighted by atomic mass is 35.5. The van der Waals surface area contributed by atoms with Gasteiger partial charge in [-0.05, 0) is 63.1 Å². The summed E-state index contributed by atoms with van der Waals surface area (Å²) in [5.74, 6) is -3.43. The number of ether oxygens (including phenoxy) is 1. The van der Waals surface area contributed by atoms with Crippen molar-refractivity contribution in [3.8, 4) is 6.07 Å². The molecule has 3 aromatic rings. The van der Waals surface area contributed by atoms with E-state index in [2.05, 4.69) is 6.07 Å². The van der Waals surface area contributed by atoms with Gasteiger partial charge in [-0.25, -0.2) is 8.78 Å². The number of nitriles is 1. The van der Waals surface area contributed by atoms with Crippen molar-refractivity contribution in [1.82, 2.24) is 4.90 Å². The Morgan fingerprint density at radius 2 is 1.72 bits per heavy atom. The first-order valence-electron chi connectivity index (χ1n) is 12.3. The Hall–Kier alpha value is -2.69. The fourth-order valence-electron chi connectivity index (χ4n) is 5.51. The van der Waals surface area contributed by atoms with E-state index in [0.29, 0.717) is 10.6 Å². The van der Waals surface area contributed by atoms with Crippen molar-refractivity contribution in [2.24, 2.45) is 0 Å². The number of likely N-dealkylation sites (tertiary alicyclic amines) is 1. The van der Waals surface area contributed by atoms with Crippen LogP contribution >= 0.6 is 34.8 Å². The average Bonchev–Trinajstić information content (AvgIpc) is 3.09. The fourth-order valence-corrected chi connectivity index (χ4v) is 6.05. The van der Waals surface area contributed by atoms with Gasteiger partial charge in [-0.15, -0.1) is 0 Å². The van der Waals surface area contributed by atoms with E-state index in [1.54, 1.807) is 56.9 Å². The molecule has 1 aliphatic rings. The Kier molecular flexibility index (Phi) is 8.31. The first kappa shape index (κ1) is 29.3. The van der Waals surface area contributed by atoms with E-state index in [1.165, 1.54) is 30.3 Å². The molecule has 0 spiro atoms. The van der Waals surface area contributed by atoms with Crippen molar-refractivity contribution in [2.45, 2.75) is 63.3 Å². The highest BCUT2D eigenvalue weighted by Crippen LogP contribution is 2.55. The predicted molar refractivity (Wildman–Crippen MR) is 149 cm³/mol. The fraction of sp³-hybridized carbons (Fsp3) is 0.333. The monoisotopic (exact) mass is 590 g/mol. The molecule has 1 saturated heterocycles. The Balaban J connectivity index is 2.05. The second-order valence-electron chi connectivity index (χ2n) is 10.6. The van der Waals surface area contributed by atoms with Crippen molar-refractivity contribution in [2.75, 3.05) is 0 Å². The van der Waals surface area contributed by atoms with Crippen molar-refractivity contribution >= 4 is 40.8 Å². The molecule has 0 aliphatic carbocycles. The van der Waals surface area contributed by atoms with Crippen LogP contribution in [-0.4, -0.2) is 28.6 Å². The summed E-state index contributed by atoms with van der Waals surface area (Å²) >= 11 is 18.7. The second-order valence-corrected chi connectivity index (χ2v) is 11.9. The van der Waals surface area contributed by atoms with Gasteiger partial charge in [0, 0.05) is 34.1 Å². The van der Waals surface area contributed by atoms with Crippen LogP contribution in [0.3, 0.4) is 0 Å². The van der Waals surface area contributed by atoms with E-state index in [-0.39, 0.29) is 27.7 Å². The third-order valence-electron chi connectivity index (χ3n) is 7.16. The SMILES string of the molecule is CC1N(Cc2ccccc2Cl)[C@@H](C(=O)OC(C)(C)C)[C@H](c2cccc(Cl)c2F)[C@@]1(C#N)c1ccc(Cl)cc1F. The van der Waals surface area contributed by atoms with Crippen LogP contribution in [0.25, 0.3) is 0 Å². The van der Waals surface area contributed by atoms with E-state index >= 15 is 8.78 Å². The normalized spacial score (nSPS) is 23.4. The zero-order chi connectivity index (χ0) is 28.7. The van der Waals surface area contributed by atoms with Crippen LogP contribution in [0.2, 0.25) is 15.1 Å². The summed E-state index contributed by atoms with van der Waals surface area (Å²) in [4.78, 5) is 15.7. The Morgan fingerprint density at radius 3 is 2.33 bits per heavy atom. The lowest BCUT2D eigenvalue weighted by Gasteiger charge is -2.34. The molecule has 0 bridgehead atoms. The lowest BCUT2D eigenvalue weighted by Crippen LogP contribution is -2.44. The van der Waals surface area contributed by atoms with Crippen molar-refractivity contribution in [3.63, 3.8) is 0 Å². The van der Waals surface area contributed by atoms with Gasteiger partial charge in [0.05, 0.1) is 11.1 Å². The molecule has 9 heteroatoms. The van der Waals surface area contributed by atoms with E-state index < -0.39 is 46.6 Å². The van der Waals surface area contributed by atoms with Gasteiger partial charge in [0.1, 0.15) is 28.7 Å². The minimum absolute atomic E-state index is 0.00256. The summed E-state index contributed by atoms with van der Waals surface area (Å²) in [5.41, 5.74) is -1.97. The third-order valence-corrected chi connectivity index (χ3v) is 8.05. The molecule has 39 heavy (non-hydrogen) atoms. The van der Waals surface area contributed by atoms with E-state index in [9.17, 15) is 10.1 Å². The number of benzene rings is 3. The summed E-state index contributed by atoms with van der Waals surface area (Å²) in [5, 5.41) is 11.3. The number of carbonyl (C=O) groups is 1. The molecule has 1 unspecified atom stereocenters. The molecule has 1 fully saturated rings. The number of hydrogen-bond acceptors (Lipinski definition) is 4. The molecule has 3 aromatic carbocycles. The molecule has 1 aliphatic heterocycles. The van der Waals surface area contributed by atoms with Gasteiger partial charge in [-0.1, -0.05) is 71.2 Å². The highest BCUT2D eigenvalue weighted by molar-refractivity contribution is 6.31. The standard InChI is InChI=1S/C30H27Cl3F2N2O2/c1-17-30(16-36,21-13-12-19(31)14-24(21)34)25(20-9-7-11-23(33)26(20)35)27(28(38)39-29(2,3)4)37(17)15-18-8-5-6-10-22(18)32/h5-14,17,25,27H,15H2,1-4H3/t17?,25-,27+,30+/m0/s1. The molecule has 0 radical (unpaired) electrons.